The first kappa shape index (κ1) is 54.9. The van der Waals surface area contributed by atoms with Crippen LogP contribution in [0.1, 0.15) is 55.4 Å². The van der Waals surface area contributed by atoms with Crippen molar-refractivity contribution in [2.24, 2.45) is 0 Å². The van der Waals surface area contributed by atoms with Crippen LogP contribution in [0.4, 0.5) is 39.9 Å². The number of hydrogen-bond donors (Lipinski definition) is 4. The van der Waals surface area contributed by atoms with E-state index in [9.17, 15) is 0 Å². The summed E-state index contributed by atoms with van der Waals surface area (Å²) in [5.41, 5.74) is 12.8. The molecule has 1 atom stereocenters. The van der Waals surface area contributed by atoms with Crippen LogP contribution in [0.5, 0.6) is 5.75 Å². The number of benzene rings is 10. The van der Waals surface area contributed by atoms with Gasteiger partial charge in [0.05, 0.1) is 7.11 Å². The average Bonchev–Trinajstić information content (AvgIpc) is 3.51. The van der Waals surface area contributed by atoms with Gasteiger partial charge in [0.1, 0.15) is 11.6 Å². The van der Waals surface area contributed by atoms with E-state index in [4.69, 9.17) is 4.74 Å². The second-order valence-corrected chi connectivity index (χ2v) is 20.5. The number of fused-ring (bicyclic) bond motifs is 3. The molecule has 80 heavy (non-hydrogen) atoms. The number of nitrogens with zero attached hydrogens (tertiary/aromatic N) is 1. The van der Waals surface area contributed by atoms with E-state index in [1.807, 2.05) is 66.7 Å². The molecule has 0 aliphatic heterocycles. The quantitative estimate of drug-likeness (QED) is 0.0978. The molecule has 11 aromatic rings. The molecule has 0 spiro atoms. The van der Waals surface area contributed by atoms with Crippen molar-refractivity contribution in [3.05, 3.63) is 308 Å². The van der Waals surface area contributed by atoms with Gasteiger partial charge in [0, 0.05) is 51.9 Å². The van der Waals surface area contributed by atoms with Crippen LogP contribution >= 0.6 is 0 Å². The molecule has 1 heterocycles. The summed E-state index contributed by atoms with van der Waals surface area (Å²) in [6.07, 6.45) is 13.2. The van der Waals surface area contributed by atoms with Crippen molar-refractivity contribution in [2.75, 3.05) is 28.4 Å². The summed E-state index contributed by atoms with van der Waals surface area (Å²) in [5.74, 6) is 2.19. The molecule has 0 fully saturated rings. The lowest BCUT2D eigenvalue weighted by atomic mass is 9.87. The van der Waals surface area contributed by atoms with E-state index in [0.717, 1.165) is 68.9 Å². The third-order valence-corrected chi connectivity index (χ3v) is 13.7. The second-order valence-electron chi connectivity index (χ2n) is 20.5. The number of allylic oxidation sites excluding steroid dienone is 3. The maximum Gasteiger partial charge on any atom is 0.130 e. The van der Waals surface area contributed by atoms with Crippen LogP contribution in [0.15, 0.2) is 286 Å². The molecule has 0 radical (unpaired) electrons. The molecule has 0 saturated heterocycles. The number of aromatic nitrogens is 1. The molecule has 1 aliphatic carbocycles. The Morgan fingerprint density at radius 2 is 0.912 bits per heavy atom. The highest BCUT2D eigenvalue weighted by Crippen LogP contribution is 2.30. The topological polar surface area (TPSA) is 70.2 Å². The van der Waals surface area contributed by atoms with E-state index in [1.165, 1.54) is 43.4 Å². The molecular formula is C74H69N5O. The maximum atomic E-state index is 5.15. The molecule has 12 rings (SSSR count). The molecule has 0 amide bonds. The lowest BCUT2D eigenvalue weighted by molar-refractivity contribution is 0.415. The summed E-state index contributed by atoms with van der Waals surface area (Å²) in [5, 5.41) is 21.1. The van der Waals surface area contributed by atoms with Gasteiger partial charge in [-0.25, -0.2) is 4.98 Å². The monoisotopic (exact) mass is 1040 g/mol. The van der Waals surface area contributed by atoms with E-state index >= 15 is 0 Å². The van der Waals surface area contributed by atoms with Gasteiger partial charge >= 0.3 is 0 Å². The fraction of sp³-hybridized carbons (Fsp3) is 0.0946. The van der Waals surface area contributed by atoms with Gasteiger partial charge in [-0.3, -0.25) is 0 Å². The summed E-state index contributed by atoms with van der Waals surface area (Å²) < 4.78 is 5.15. The van der Waals surface area contributed by atoms with Gasteiger partial charge < -0.3 is 26.0 Å². The predicted octanol–water partition coefficient (Wildman–Crippen LogP) is 20.5. The maximum absolute atomic E-state index is 5.15. The minimum absolute atomic E-state index is 0.196. The van der Waals surface area contributed by atoms with Crippen LogP contribution in [0, 0.1) is 0 Å². The highest BCUT2D eigenvalue weighted by Gasteiger charge is 2.14. The summed E-state index contributed by atoms with van der Waals surface area (Å²) in [4.78, 5) is 4.24. The third kappa shape index (κ3) is 15.4. The Kier molecular flexibility index (Phi) is 18.5. The highest BCUT2D eigenvalue weighted by molar-refractivity contribution is 5.88. The van der Waals surface area contributed by atoms with Crippen molar-refractivity contribution < 1.29 is 4.74 Å². The molecule has 1 aliphatic rings. The summed E-state index contributed by atoms with van der Waals surface area (Å²) in [6.45, 7) is 14.4. The van der Waals surface area contributed by atoms with Crippen molar-refractivity contribution in [2.45, 2.75) is 38.5 Å². The minimum atomic E-state index is 0.196. The van der Waals surface area contributed by atoms with Crippen LogP contribution in [0.2, 0.25) is 0 Å². The van der Waals surface area contributed by atoms with Gasteiger partial charge in [-0.2, -0.15) is 0 Å². The Bertz CT molecular complexity index is 3860. The minimum Gasteiger partial charge on any atom is -0.497 e. The van der Waals surface area contributed by atoms with Crippen molar-refractivity contribution in [3.8, 4) is 5.75 Å². The van der Waals surface area contributed by atoms with Gasteiger partial charge in [-0.05, 0) is 170 Å². The van der Waals surface area contributed by atoms with Crippen molar-refractivity contribution in [1.29, 1.82) is 0 Å². The van der Waals surface area contributed by atoms with Crippen molar-refractivity contribution in [3.63, 3.8) is 0 Å². The number of anilines is 7. The molecule has 6 nitrogen and oxygen atoms in total. The SMILES string of the molecule is C=Cc1ccc(NC2=CCC(c3ccccc3)C=C2)cc1C=C.CC(C)(C)c1ccc(Nc2ccc3ccccc3c2)cc1.COc1ccc(Nc2ccc3ccccc3c2)cc1.c1ccc(Nc2ccc3ccccc3c2)nc1. The van der Waals surface area contributed by atoms with E-state index in [-0.39, 0.29) is 5.41 Å². The zero-order valence-corrected chi connectivity index (χ0v) is 46.1. The van der Waals surface area contributed by atoms with Crippen LogP contribution in [-0.2, 0) is 5.41 Å². The third-order valence-electron chi connectivity index (χ3n) is 13.7. The fourth-order valence-electron chi connectivity index (χ4n) is 9.29. The van der Waals surface area contributed by atoms with Crippen LogP contribution < -0.4 is 26.0 Å². The van der Waals surface area contributed by atoms with Crippen LogP contribution in [-0.4, -0.2) is 12.1 Å². The summed E-state index contributed by atoms with van der Waals surface area (Å²) in [6, 6.07) is 83.5. The van der Waals surface area contributed by atoms with E-state index < -0.39 is 0 Å². The lowest BCUT2D eigenvalue weighted by Crippen LogP contribution is -2.10. The van der Waals surface area contributed by atoms with Crippen molar-refractivity contribution >= 4 is 84.4 Å². The largest absolute Gasteiger partial charge is 0.497 e. The molecule has 6 heteroatoms. The molecule has 10 aromatic carbocycles. The standard InChI is InChI=1S/C22H21N.C20H21N.C17H15NO.C15H12N2/c1-3-17-10-15-22(16-18(17)4-2)23-21-13-11-20(12-14-21)19-8-6-5-7-9-19;1-20(2,3)17-9-12-18(13-10-17)21-19-11-8-15-6-4-5-7-16(15)14-19;1-19-17-10-8-15(9-11-17)18-16-7-6-13-4-2-3-5-14(13)12-16;1-2-6-13-11-14(9-8-12(13)5-1)17-15-7-3-4-10-16-15/h3-11,13-16,20,23H,1-2,12H2;4-14,21H,1-3H3;2-12,18H,1H3;1-11H,(H,16,17). The molecule has 0 bridgehead atoms. The lowest BCUT2D eigenvalue weighted by Gasteiger charge is -2.19. The predicted molar refractivity (Wildman–Crippen MR) is 345 cm³/mol. The molecule has 4 N–H and O–H groups in total. The van der Waals surface area contributed by atoms with Crippen LogP contribution in [0.3, 0.4) is 0 Å². The van der Waals surface area contributed by atoms with Gasteiger partial charge in [-0.15, -0.1) is 0 Å². The Balaban J connectivity index is 0.000000130. The number of ether oxygens (including phenoxy) is 1. The van der Waals surface area contributed by atoms with Gasteiger partial charge in [0.15, 0.2) is 0 Å². The van der Waals surface area contributed by atoms with Gasteiger partial charge in [0.2, 0.25) is 0 Å². The van der Waals surface area contributed by atoms with Crippen LogP contribution in [0.25, 0.3) is 44.5 Å². The van der Waals surface area contributed by atoms with Gasteiger partial charge in [-0.1, -0.05) is 204 Å². The Morgan fingerprint density at radius 1 is 0.450 bits per heavy atom. The molecular weight excluding hydrogens is 975 g/mol. The zero-order chi connectivity index (χ0) is 55.5. The Morgan fingerprint density at radius 3 is 1.39 bits per heavy atom. The number of methoxy groups -OCH3 is 1. The first-order valence-corrected chi connectivity index (χ1v) is 27.1. The summed E-state index contributed by atoms with van der Waals surface area (Å²) >= 11 is 0. The van der Waals surface area contributed by atoms with Gasteiger partial charge in [0.25, 0.3) is 0 Å². The number of pyridine rings is 1. The fourth-order valence-corrected chi connectivity index (χ4v) is 9.29. The normalized spacial score (nSPS) is 12.4. The number of rotatable bonds is 12. The highest BCUT2D eigenvalue weighted by atomic mass is 16.5. The van der Waals surface area contributed by atoms with Crippen molar-refractivity contribution in [1.82, 2.24) is 4.98 Å². The molecule has 1 aromatic heterocycles. The zero-order valence-electron chi connectivity index (χ0n) is 46.1. The molecule has 1 unspecified atom stereocenters. The molecule has 396 valence electrons. The number of nitrogens with one attached hydrogen (secondary N) is 4. The Hall–Kier alpha value is -9.91. The second kappa shape index (κ2) is 26.9. The Labute approximate surface area is 472 Å². The summed E-state index contributed by atoms with van der Waals surface area (Å²) in [7, 11) is 1.67. The van der Waals surface area contributed by atoms with E-state index in [1.54, 1.807) is 13.3 Å². The average molecular weight is 1040 g/mol. The van der Waals surface area contributed by atoms with E-state index in [0.29, 0.717) is 5.92 Å². The molecule has 0 saturated carbocycles. The number of hydrogen-bond acceptors (Lipinski definition) is 6. The van der Waals surface area contributed by atoms with E-state index in [2.05, 4.69) is 266 Å². The first-order chi connectivity index (χ1) is 39.1. The smallest absolute Gasteiger partial charge is 0.130 e. The first-order valence-electron chi connectivity index (χ1n) is 27.1.